The third kappa shape index (κ3) is 5.91. The molecule has 0 bridgehead atoms. The summed E-state index contributed by atoms with van der Waals surface area (Å²) in [6.45, 7) is 3.27. The Labute approximate surface area is 158 Å². The molecule has 2 aromatic rings. The zero-order chi connectivity index (χ0) is 15.8. The van der Waals surface area contributed by atoms with Gasteiger partial charge < -0.3 is 20.1 Å². The molecule has 1 aromatic heterocycles. The van der Waals surface area contributed by atoms with Gasteiger partial charge in [-0.2, -0.15) is 11.3 Å². The summed E-state index contributed by atoms with van der Waals surface area (Å²) in [5, 5.41) is 10.7. The van der Waals surface area contributed by atoms with Crippen LogP contribution in [0.3, 0.4) is 0 Å². The van der Waals surface area contributed by atoms with Gasteiger partial charge in [-0.15, -0.1) is 24.0 Å². The van der Waals surface area contributed by atoms with E-state index in [-0.39, 0.29) is 24.0 Å². The van der Waals surface area contributed by atoms with Crippen molar-refractivity contribution < 1.29 is 9.47 Å². The Bertz CT molecular complexity index is 618. The SMILES string of the molecule is CCOc1cc(NC(=NC)NCc2ccsc2)ccc1OC.I. The topological polar surface area (TPSA) is 54.9 Å². The van der Waals surface area contributed by atoms with Gasteiger partial charge in [0, 0.05) is 25.3 Å². The van der Waals surface area contributed by atoms with Gasteiger partial charge in [-0.05, 0) is 41.4 Å². The molecular formula is C16H22IN3O2S. The lowest BCUT2D eigenvalue weighted by molar-refractivity contribution is 0.311. The third-order valence-electron chi connectivity index (χ3n) is 2.99. The van der Waals surface area contributed by atoms with Crippen LogP contribution in [-0.4, -0.2) is 26.7 Å². The standard InChI is InChI=1S/C16H21N3O2S.HI/c1-4-21-15-9-13(5-6-14(15)20-3)19-16(17-2)18-10-12-7-8-22-11-12;/h5-9,11H,4,10H2,1-3H3,(H2,17,18,19);1H. The fourth-order valence-corrected chi connectivity index (χ4v) is 2.59. The first kappa shape index (κ1) is 19.6. The quantitative estimate of drug-likeness (QED) is 0.400. The van der Waals surface area contributed by atoms with Crippen molar-refractivity contribution in [2.45, 2.75) is 13.5 Å². The van der Waals surface area contributed by atoms with Crippen LogP contribution in [0.2, 0.25) is 0 Å². The summed E-state index contributed by atoms with van der Waals surface area (Å²) in [5.41, 5.74) is 2.13. The molecule has 0 saturated carbocycles. The average Bonchev–Trinajstić information content (AvgIpc) is 3.05. The number of nitrogens with zero attached hydrogens (tertiary/aromatic N) is 1. The molecular weight excluding hydrogens is 425 g/mol. The first-order valence-electron chi connectivity index (χ1n) is 7.06. The van der Waals surface area contributed by atoms with Crippen LogP contribution in [-0.2, 0) is 6.54 Å². The molecule has 126 valence electrons. The van der Waals surface area contributed by atoms with Crippen molar-refractivity contribution in [1.82, 2.24) is 5.32 Å². The number of rotatable bonds is 6. The fraction of sp³-hybridized carbons (Fsp3) is 0.312. The Morgan fingerprint density at radius 3 is 2.70 bits per heavy atom. The van der Waals surface area contributed by atoms with Crippen molar-refractivity contribution in [1.29, 1.82) is 0 Å². The molecule has 0 saturated heterocycles. The Hall–Kier alpha value is -1.48. The predicted molar refractivity (Wildman–Crippen MR) is 108 cm³/mol. The Kier molecular flexibility index (Phi) is 8.78. The van der Waals surface area contributed by atoms with Gasteiger partial charge in [0.25, 0.3) is 0 Å². The summed E-state index contributed by atoms with van der Waals surface area (Å²) >= 11 is 1.68. The van der Waals surface area contributed by atoms with Gasteiger partial charge in [-0.1, -0.05) is 0 Å². The van der Waals surface area contributed by atoms with Crippen molar-refractivity contribution in [3.8, 4) is 11.5 Å². The van der Waals surface area contributed by atoms with E-state index >= 15 is 0 Å². The summed E-state index contributed by atoms with van der Waals surface area (Å²) < 4.78 is 10.9. The number of ether oxygens (including phenoxy) is 2. The lowest BCUT2D eigenvalue weighted by atomic mass is 10.2. The number of halogens is 1. The number of anilines is 1. The van der Waals surface area contributed by atoms with E-state index in [9.17, 15) is 0 Å². The number of guanidine groups is 1. The highest BCUT2D eigenvalue weighted by Crippen LogP contribution is 2.30. The van der Waals surface area contributed by atoms with E-state index in [0.717, 1.165) is 12.2 Å². The average molecular weight is 447 g/mol. The second-order valence-electron chi connectivity index (χ2n) is 4.48. The van der Waals surface area contributed by atoms with E-state index in [4.69, 9.17) is 9.47 Å². The molecule has 0 unspecified atom stereocenters. The van der Waals surface area contributed by atoms with E-state index in [0.29, 0.717) is 24.1 Å². The maximum atomic E-state index is 5.58. The van der Waals surface area contributed by atoms with Crippen molar-refractivity contribution >= 4 is 47.0 Å². The normalized spacial score (nSPS) is 10.7. The molecule has 1 aromatic carbocycles. The van der Waals surface area contributed by atoms with E-state index in [1.807, 2.05) is 25.1 Å². The molecule has 0 aliphatic heterocycles. The second kappa shape index (κ2) is 10.3. The molecule has 0 aliphatic carbocycles. The van der Waals surface area contributed by atoms with Crippen LogP contribution in [0.5, 0.6) is 11.5 Å². The monoisotopic (exact) mass is 447 g/mol. The largest absolute Gasteiger partial charge is 0.493 e. The third-order valence-corrected chi connectivity index (χ3v) is 3.72. The minimum atomic E-state index is 0. The molecule has 5 nitrogen and oxygen atoms in total. The smallest absolute Gasteiger partial charge is 0.195 e. The van der Waals surface area contributed by atoms with E-state index in [1.54, 1.807) is 25.5 Å². The number of aliphatic imine (C=N–C) groups is 1. The molecule has 0 aliphatic rings. The highest BCUT2D eigenvalue weighted by Gasteiger charge is 2.07. The van der Waals surface area contributed by atoms with Crippen molar-refractivity contribution in [2.24, 2.45) is 4.99 Å². The minimum Gasteiger partial charge on any atom is -0.493 e. The fourth-order valence-electron chi connectivity index (χ4n) is 1.92. The summed E-state index contributed by atoms with van der Waals surface area (Å²) in [5.74, 6) is 2.13. The summed E-state index contributed by atoms with van der Waals surface area (Å²) in [6.07, 6.45) is 0. The van der Waals surface area contributed by atoms with Gasteiger partial charge in [0.05, 0.1) is 13.7 Å². The van der Waals surface area contributed by atoms with Crippen LogP contribution in [0.1, 0.15) is 12.5 Å². The molecule has 0 amide bonds. The maximum Gasteiger partial charge on any atom is 0.195 e. The Balaban J connectivity index is 0.00000264. The van der Waals surface area contributed by atoms with Gasteiger partial charge in [0.1, 0.15) is 0 Å². The van der Waals surface area contributed by atoms with Crippen LogP contribution in [0, 0.1) is 0 Å². The number of hydrogen-bond acceptors (Lipinski definition) is 4. The first-order chi connectivity index (χ1) is 10.8. The zero-order valence-corrected chi connectivity index (χ0v) is 16.6. The van der Waals surface area contributed by atoms with Crippen molar-refractivity contribution in [3.63, 3.8) is 0 Å². The Morgan fingerprint density at radius 1 is 1.26 bits per heavy atom. The predicted octanol–water partition coefficient (Wildman–Crippen LogP) is 3.96. The number of hydrogen-bond donors (Lipinski definition) is 2. The molecule has 2 rings (SSSR count). The number of benzene rings is 1. The van der Waals surface area contributed by atoms with E-state index in [2.05, 4.69) is 32.5 Å². The summed E-state index contributed by atoms with van der Waals surface area (Å²) in [6, 6.07) is 7.80. The molecule has 1 heterocycles. The van der Waals surface area contributed by atoms with Gasteiger partial charge in [0.15, 0.2) is 17.5 Å². The number of methoxy groups -OCH3 is 1. The molecule has 0 fully saturated rings. The summed E-state index contributed by atoms with van der Waals surface area (Å²) in [7, 11) is 3.38. The van der Waals surface area contributed by atoms with Crippen LogP contribution >= 0.6 is 35.3 Å². The van der Waals surface area contributed by atoms with Crippen LogP contribution in [0.4, 0.5) is 5.69 Å². The highest BCUT2D eigenvalue weighted by atomic mass is 127. The van der Waals surface area contributed by atoms with Gasteiger partial charge in [-0.3, -0.25) is 4.99 Å². The lowest BCUT2D eigenvalue weighted by Crippen LogP contribution is -2.30. The molecule has 7 heteroatoms. The Morgan fingerprint density at radius 2 is 2.09 bits per heavy atom. The molecule has 2 N–H and O–H groups in total. The molecule has 0 atom stereocenters. The number of nitrogens with one attached hydrogen (secondary N) is 2. The maximum absolute atomic E-state index is 5.58. The van der Waals surface area contributed by atoms with Crippen LogP contribution in [0.25, 0.3) is 0 Å². The van der Waals surface area contributed by atoms with Crippen molar-refractivity contribution in [3.05, 3.63) is 40.6 Å². The van der Waals surface area contributed by atoms with Crippen molar-refractivity contribution in [2.75, 3.05) is 26.1 Å². The molecule has 0 radical (unpaired) electrons. The van der Waals surface area contributed by atoms with E-state index < -0.39 is 0 Å². The van der Waals surface area contributed by atoms with E-state index in [1.165, 1.54) is 5.56 Å². The first-order valence-corrected chi connectivity index (χ1v) is 8.00. The molecule has 0 spiro atoms. The second-order valence-corrected chi connectivity index (χ2v) is 5.26. The minimum absolute atomic E-state index is 0. The number of thiophene rings is 1. The summed E-state index contributed by atoms with van der Waals surface area (Å²) in [4.78, 5) is 4.23. The zero-order valence-electron chi connectivity index (χ0n) is 13.5. The lowest BCUT2D eigenvalue weighted by Gasteiger charge is -2.14. The van der Waals surface area contributed by atoms with Gasteiger partial charge in [0.2, 0.25) is 0 Å². The van der Waals surface area contributed by atoms with Gasteiger partial charge in [-0.25, -0.2) is 0 Å². The molecule has 23 heavy (non-hydrogen) atoms. The van der Waals surface area contributed by atoms with Gasteiger partial charge >= 0.3 is 0 Å². The van der Waals surface area contributed by atoms with Crippen LogP contribution < -0.4 is 20.1 Å². The highest BCUT2D eigenvalue weighted by molar-refractivity contribution is 14.0. The van der Waals surface area contributed by atoms with Crippen LogP contribution in [0.15, 0.2) is 40.0 Å².